The number of alkyl halides is 6. The Hall–Kier alpha value is -0.0300. The fraction of sp³-hybridized carbons (Fsp3) is 0.714. The molecule has 120 valence electrons. The molecule has 0 radical (unpaired) electrons. The zero-order valence-electron chi connectivity index (χ0n) is 10.2. The van der Waals surface area contributed by atoms with Gasteiger partial charge in [0.2, 0.25) is 5.50 Å². The zero-order chi connectivity index (χ0) is 16.2. The zero-order valence-corrected chi connectivity index (χ0v) is 12.7. The molecule has 0 aliphatic rings. The van der Waals surface area contributed by atoms with Crippen molar-refractivity contribution < 1.29 is 44.7 Å². The summed E-state index contributed by atoms with van der Waals surface area (Å²) in [7, 11) is -2.04. The molecule has 0 aromatic carbocycles. The molecule has 0 rings (SSSR count). The first kappa shape index (κ1) is 20.0. The van der Waals surface area contributed by atoms with Crippen LogP contribution in [0.15, 0.2) is 9.74 Å². The number of thioether (sulfide) groups is 2. The minimum absolute atomic E-state index is 0.758. The summed E-state index contributed by atoms with van der Waals surface area (Å²) in [5, 5.41) is 0. The molecular formula is C7H9F6O4PS2. The van der Waals surface area contributed by atoms with E-state index in [0.29, 0.717) is 0 Å². The van der Waals surface area contributed by atoms with Crippen molar-refractivity contribution in [2.24, 2.45) is 0 Å². The van der Waals surface area contributed by atoms with Gasteiger partial charge in [-0.2, -0.15) is 26.3 Å². The maximum Gasteiger partial charge on any atom is 0.447 e. The van der Waals surface area contributed by atoms with E-state index in [9.17, 15) is 30.9 Å². The van der Waals surface area contributed by atoms with Gasteiger partial charge < -0.3 is 13.8 Å². The van der Waals surface area contributed by atoms with Crippen LogP contribution in [0.4, 0.5) is 26.3 Å². The van der Waals surface area contributed by atoms with Crippen LogP contribution in [0.3, 0.4) is 0 Å². The average Bonchev–Trinajstić information content (AvgIpc) is 2.25. The molecule has 0 aromatic heterocycles. The summed E-state index contributed by atoms with van der Waals surface area (Å²) in [4.78, 5) is 0. The molecule has 0 aromatic rings. The highest BCUT2D eigenvalue weighted by atomic mass is 32.2. The van der Waals surface area contributed by atoms with Crippen molar-refractivity contribution in [3.8, 4) is 0 Å². The normalized spacial score (nSPS) is 13.2. The van der Waals surface area contributed by atoms with Gasteiger partial charge in [0.15, 0.2) is 0 Å². The maximum absolute atomic E-state index is 12.3. The molecule has 0 bridgehead atoms. The minimum Gasteiger partial charge on any atom is -0.488 e. The molecule has 0 saturated carbocycles. The summed E-state index contributed by atoms with van der Waals surface area (Å²) >= 11 is -2.23. The van der Waals surface area contributed by atoms with Crippen molar-refractivity contribution in [1.82, 2.24) is 0 Å². The standard InChI is InChI=1S/C7H9F6O4PS2/c1-15-4(18(14,16-2)17-3)5(19-6(8,9)10)20-7(11,12)13/h1-3H3. The Morgan fingerprint density at radius 2 is 1.25 bits per heavy atom. The highest BCUT2D eigenvalue weighted by Crippen LogP contribution is 2.61. The van der Waals surface area contributed by atoms with Crippen LogP contribution >= 0.6 is 31.1 Å². The van der Waals surface area contributed by atoms with E-state index in [-0.39, 0.29) is 0 Å². The van der Waals surface area contributed by atoms with E-state index in [2.05, 4.69) is 13.8 Å². The average molecular weight is 366 g/mol. The smallest absolute Gasteiger partial charge is 0.447 e. The second-order valence-electron chi connectivity index (χ2n) is 2.75. The van der Waals surface area contributed by atoms with Gasteiger partial charge in [0.25, 0.3) is 0 Å². The lowest BCUT2D eigenvalue weighted by molar-refractivity contribution is -0.0329. The fourth-order valence-corrected chi connectivity index (χ4v) is 4.23. The summed E-state index contributed by atoms with van der Waals surface area (Å²) in [5.74, 6) is 0. The second kappa shape index (κ2) is 7.30. The van der Waals surface area contributed by atoms with Crippen LogP contribution in [0.5, 0.6) is 0 Å². The molecule has 0 amide bonds. The number of ether oxygens (including phenoxy) is 1. The lowest BCUT2D eigenvalue weighted by atomic mass is 11.1. The SMILES string of the molecule is COC(=C(SC(F)(F)F)SC(F)(F)F)P(=O)(OC)OC. The van der Waals surface area contributed by atoms with Crippen molar-refractivity contribution in [1.29, 1.82) is 0 Å². The third kappa shape index (κ3) is 6.61. The van der Waals surface area contributed by atoms with Crippen LogP contribution in [0.1, 0.15) is 0 Å². The molecule has 0 fully saturated rings. The molecule has 0 aliphatic carbocycles. The first-order valence-electron chi connectivity index (χ1n) is 4.40. The summed E-state index contributed by atoms with van der Waals surface area (Å²) < 4.78 is 97.3. The van der Waals surface area contributed by atoms with Crippen LogP contribution in [-0.2, 0) is 18.3 Å². The third-order valence-electron chi connectivity index (χ3n) is 1.51. The molecule has 0 unspecified atom stereocenters. The Morgan fingerprint density at radius 3 is 1.45 bits per heavy atom. The highest BCUT2D eigenvalue weighted by Gasteiger charge is 2.44. The van der Waals surface area contributed by atoms with Crippen molar-refractivity contribution in [3.63, 3.8) is 0 Å². The lowest BCUT2D eigenvalue weighted by Gasteiger charge is -2.20. The highest BCUT2D eigenvalue weighted by molar-refractivity contribution is 8.23. The van der Waals surface area contributed by atoms with E-state index in [1.54, 1.807) is 0 Å². The Kier molecular flexibility index (Phi) is 7.29. The largest absolute Gasteiger partial charge is 0.488 e. The van der Waals surface area contributed by atoms with Gasteiger partial charge in [-0.15, -0.1) is 0 Å². The van der Waals surface area contributed by atoms with Gasteiger partial charge in [0, 0.05) is 14.2 Å². The third-order valence-corrected chi connectivity index (χ3v) is 5.39. The predicted molar refractivity (Wildman–Crippen MR) is 63.0 cm³/mol. The van der Waals surface area contributed by atoms with Gasteiger partial charge in [-0.1, -0.05) is 0 Å². The van der Waals surface area contributed by atoms with Gasteiger partial charge in [-0.3, -0.25) is 4.57 Å². The first-order chi connectivity index (χ1) is 8.88. The van der Waals surface area contributed by atoms with Crippen molar-refractivity contribution >= 4 is 31.1 Å². The number of halogens is 6. The fourth-order valence-electron chi connectivity index (χ4n) is 0.866. The van der Waals surface area contributed by atoms with Gasteiger partial charge in [-0.05, 0) is 23.5 Å². The van der Waals surface area contributed by atoms with Crippen molar-refractivity contribution in [2.45, 2.75) is 11.0 Å². The molecule has 0 saturated heterocycles. The van der Waals surface area contributed by atoms with Crippen LogP contribution in [0.2, 0.25) is 0 Å². The summed E-state index contributed by atoms with van der Waals surface area (Å²) in [6, 6.07) is 0. The monoisotopic (exact) mass is 366 g/mol. The van der Waals surface area contributed by atoms with Gasteiger partial charge >= 0.3 is 18.6 Å². The van der Waals surface area contributed by atoms with Crippen molar-refractivity contribution in [3.05, 3.63) is 9.74 Å². The maximum atomic E-state index is 12.3. The van der Waals surface area contributed by atoms with E-state index in [1.807, 2.05) is 0 Å². The van der Waals surface area contributed by atoms with Gasteiger partial charge in [0.05, 0.1) is 7.11 Å². The molecule has 13 heteroatoms. The van der Waals surface area contributed by atoms with E-state index in [0.717, 1.165) is 21.3 Å². The summed E-state index contributed by atoms with van der Waals surface area (Å²) in [5.41, 5.74) is -11.2. The molecule has 20 heavy (non-hydrogen) atoms. The van der Waals surface area contributed by atoms with Crippen LogP contribution in [0, 0.1) is 0 Å². The first-order valence-corrected chi connectivity index (χ1v) is 7.58. The van der Waals surface area contributed by atoms with Gasteiger partial charge in [0.1, 0.15) is 4.24 Å². The molecule has 0 aliphatic heterocycles. The number of methoxy groups -OCH3 is 1. The predicted octanol–water partition coefficient (Wildman–Crippen LogP) is 4.75. The Morgan fingerprint density at radius 1 is 0.900 bits per heavy atom. The quantitative estimate of drug-likeness (QED) is 0.384. The van der Waals surface area contributed by atoms with Crippen molar-refractivity contribution in [2.75, 3.05) is 21.3 Å². The molecule has 4 nitrogen and oxygen atoms in total. The van der Waals surface area contributed by atoms with E-state index < -0.39 is 51.9 Å². The Labute approximate surface area is 118 Å². The van der Waals surface area contributed by atoms with Crippen LogP contribution in [-0.4, -0.2) is 32.3 Å². The van der Waals surface area contributed by atoms with Crippen LogP contribution in [0.25, 0.3) is 0 Å². The topological polar surface area (TPSA) is 44.8 Å². The van der Waals surface area contributed by atoms with E-state index >= 15 is 0 Å². The number of rotatable bonds is 6. The molecule has 0 heterocycles. The summed E-state index contributed by atoms with van der Waals surface area (Å²) in [6.07, 6.45) is 0. The number of hydrogen-bond donors (Lipinski definition) is 0. The molecule has 0 N–H and O–H groups in total. The Bertz CT molecular complexity index is 381. The van der Waals surface area contributed by atoms with Crippen LogP contribution < -0.4 is 0 Å². The van der Waals surface area contributed by atoms with E-state index in [4.69, 9.17) is 0 Å². The molecule has 0 spiro atoms. The van der Waals surface area contributed by atoms with Gasteiger partial charge in [-0.25, -0.2) is 0 Å². The minimum atomic E-state index is -5.04. The lowest BCUT2D eigenvalue weighted by Crippen LogP contribution is -2.08. The summed E-state index contributed by atoms with van der Waals surface area (Å²) in [6.45, 7) is 0. The number of hydrogen-bond acceptors (Lipinski definition) is 6. The van der Waals surface area contributed by atoms with E-state index in [1.165, 1.54) is 0 Å². The molecular weight excluding hydrogens is 357 g/mol. The second-order valence-corrected chi connectivity index (χ2v) is 7.30. The Balaban J connectivity index is 5.85. The molecule has 0 atom stereocenters.